The van der Waals surface area contributed by atoms with Crippen molar-refractivity contribution in [3.05, 3.63) is 59.1 Å². The van der Waals surface area contributed by atoms with Crippen LogP contribution in [0.25, 0.3) is 10.2 Å². The number of nitrogens with one attached hydrogen (secondary N) is 3. The van der Waals surface area contributed by atoms with Crippen LogP contribution >= 0.6 is 11.3 Å². The second-order valence-electron chi connectivity index (χ2n) is 7.53. The molecule has 3 aromatic rings. The van der Waals surface area contributed by atoms with Crippen molar-refractivity contribution >= 4 is 39.1 Å². The molecule has 1 unspecified atom stereocenters. The highest BCUT2D eigenvalue weighted by Gasteiger charge is 2.23. The van der Waals surface area contributed by atoms with Gasteiger partial charge in [0.25, 0.3) is 11.8 Å². The zero-order valence-corrected chi connectivity index (χ0v) is 18.5. The third kappa shape index (κ3) is 5.87. The first-order valence-corrected chi connectivity index (χ1v) is 11.1. The van der Waals surface area contributed by atoms with Crippen molar-refractivity contribution in [2.24, 2.45) is 0 Å². The lowest BCUT2D eigenvalue weighted by Gasteiger charge is -2.20. The molecule has 0 bridgehead atoms. The molecule has 2 aromatic carbocycles. The summed E-state index contributed by atoms with van der Waals surface area (Å²) in [6, 6.07) is 15.7. The predicted molar refractivity (Wildman–Crippen MR) is 122 cm³/mol. The van der Waals surface area contributed by atoms with Gasteiger partial charge < -0.3 is 15.5 Å². The number of para-hydroxylation sites is 1. The predicted octanol–water partition coefficient (Wildman–Crippen LogP) is 2.26. The van der Waals surface area contributed by atoms with Gasteiger partial charge in [0.2, 0.25) is 0 Å². The highest BCUT2D eigenvalue weighted by molar-refractivity contribution is 7.18. The zero-order valence-electron chi connectivity index (χ0n) is 17.7. The van der Waals surface area contributed by atoms with E-state index in [1.165, 1.54) is 4.70 Å². The quantitative estimate of drug-likeness (QED) is 0.492. The number of nitrogens with zero attached hydrogens (tertiary/aromatic N) is 1. The van der Waals surface area contributed by atoms with E-state index in [2.05, 4.69) is 21.7 Å². The van der Waals surface area contributed by atoms with Crippen molar-refractivity contribution in [1.82, 2.24) is 10.3 Å². The second kappa shape index (κ2) is 10.3. The summed E-state index contributed by atoms with van der Waals surface area (Å²) >= 11 is 1.71. The van der Waals surface area contributed by atoms with Crippen molar-refractivity contribution in [2.45, 2.75) is 32.7 Å². The molecule has 6 nitrogen and oxygen atoms in total. The number of benzene rings is 2. The number of aromatic nitrogens is 1. The summed E-state index contributed by atoms with van der Waals surface area (Å²) in [5.41, 5.74) is 2.93. The van der Waals surface area contributed by atoms with E-state index >= 15 is 0 Å². The highest BCUT2D eigenvalue weighted by Crippen LogP contribution is 2.24. The molecule has 7 heteroatoms. The van der Waals surface area contributed by atoms with Gasteiger partial charge >= 0.3 is 0 Å². The number of rotatable bonds is 9. The number of hydrogen-bond acceptors (Lipinski definition) is 4. The van der Waals surface area contributed by atoms with Gasteiger partial charge in [0, 0.05) is 18.7 Å². The molecule has 0 fully saturated rings. The zero-order chi connectivity index (χ0) is 21.5. The first-order valence-electron chi connectivity index (χ1n) is 10.3. The van der Waals surface area contributed by atoms with E-state index in [0.29, 0.717) is 6.54 Å². The Labute approximate surface area is 181 Å². The van der Waals surface area contributed by atoms with Crippen LogP contribution in [-0.2, 0) is 16.0 Å². The molecule has 0 saturated heterocycles. The van der Waals surface area contributed by atoms with E-state index in [4.69, 9.17) is 0 Å². The number of amides is 2. The second-order valence-corrected chi connectivity index (χ2v) is 8.65. The topological polar surface area (TPSA) is 75.5 Å². The van der Waals surface area contributed by atoms with Gasteiger partial charge in [-0.3, -0.25) is 9.59 Å². The number of carbonyl (C=O) groups excluding carboxylic acids is 2. The molecule has 158 valence electrons. The van der Waals surface area contributed by atoms with Crippen molar-refractivity contribution in [2.75, 3.05) is 25.5 Å². The Morgan fingerprint density at radius 1 is 1.13 bits per heavy atom. The number of thiazole rings is 1. The molecule has 2 atom stereocenters. The maximum atomic E-state index is 12.6. The van der Waals surface area contributed by atoms with E-state index in [9.17, 15) is 9.59 Å². The number of quaternary nitrogens is 1. The van der Waals surface area contributed by atoms with Gasteiger partial charge in [-0.05, 0) is 43.2 Å². The molecule has 3 rings (SSSR count). The number of anilines is 1. The van der Waals surface area contributed by atoms with Gasteiger partial charge in [0.1, 0.15) is 0 Å². The van der Waals surface area contributed by atoms with Crippen molar-refractivity contribution < 1.29 is 14.5 Å². The van der Waals surface area contributed by atoms with Crippen LogP contribution in [0.1, 0.15) is 30.8 Å². The molecule has 1 aromatic heterocycles. The minimum Gasteiger partial charge on any atom is -0.351 e. The molecule has 0 aliphatic carbocycles. The van der Waals surface area contributed by atoms with E-state index in [-0.39, 0.29) is 24.4 Å². The average molecular weight is 426 g/mol. The van der Waals surface area contributed by atoms with Gasteiger partial charge in [-0.1, -0.05) is 31.2 Å². The Hall–Kier alpha value is -2.77. The monoisotopic (exact) mass is 425 g/mol. The van der Waals surface area contributed by atoms with Crippen LogP contribution in [0.5, 0.6) is 0 Å². The molecule has 0 radical (unpaired) electrons. The number of carbonyl (C=O) groups is 2. The van der Waals surface area contributed by atoms with Crippen molar-refractivity contribution in [3.63, 3.8) is 0 Å². The molecule has 1 heterocycles. The van der Waals surface area contributed by atoms with Crippen LogP contribution in [0.15, 0.2) is 48.5 Å². The summed E-state index contributed by atoms with van der Waals surface area (Å²) in [4.78, 5) is 30.0. The molecule has 0 spiro atoms. The first-order chi connectivity index (χ1) is 14.5. The van der Waals surface area contributed by atoms with Gasteiger partial charge in [-0.2, -0.15) is 0 Å². The summed E-state index contributed by atoms with van der Waals surface area (Å²) in [5, 5.41) is 6.87. The average Bonchev–Trinajstić information content (AvgIpc) is 3.15. The Bertz CT molecular complexity index is 967. The lowest BCUT2D eigenvalue weighted by atomic mass is 10.1. The molecular weight excluding hydrogens is 396 g/mol. The maximum Gasteiger partial charge on any atom is 0.282 e. The van der Waals surface area contributed by atoms with Gasteiger partial charge in [0.15, 0.2) is 12.6 Å². The van der Waals surface area contributed by atoms with E-state index in [1.807, 2.05) is 63.4 Å². The van der Waals surface area contributed by atoms with Gasteiger partial charge in [-0.15, -0.1) is 11.3 Å². The van der Waals surface area contributed by atoms with Crippen LogP contribution in [0.2, 0.25) is 0 Å². The standard InChI is InChI=1S/C23H28N4O2S/c1-4-13-24-21(28)15-27(3)16(2)23(29)25-18-11-9-17(10-12-18)14-22-26-19-7-5-6-8-20(19)30-22/h5-12,16H,4,13-15H2,1-3H3,(H,24,28)(H,25,29)/p+1/t16-/m0/s1. The molecule has 0 aliphatic rings. The van der Waals surface area contributed by atoms with Crippen molar-refractivity contribution in [1.29, 1.82) is 0 Å². The molecule has 2 amide bonds. The van der Waals surface area contributed by atoms with Gasteiger partial charge in [-0.25, -0.2) is 4.98 Å². The number of likely N-dealkylation sites (N-methyl/N-ethyl adjacent to an activating group) is 1. The Kier molecular flexibility index (Phi) is 7.54. The number of hydrogen-bond donors (Lipinski definition) is 3. The summed E-state index contributed by atoms with van der Waals surface area (Å²) in [6.07, 6.45) is 1.67. The highest BCUT2D eigenvalue weighted by atomic mass is 32.1. The minimum atomic E-state index is -0.334. The SMILES string of the molecule is CCCNC(=O)C[NH+](C)[C@@H](C)C(=O)Nc1ccc(Cc2nc3ccccc3s2)cc1. The van der Waals surface area contributed by atoms with Crippen LogP contribution in [0.3, 0.4) is 0 Å². The molecule has 30 heavy (non-hydrogen) atoms. The summed E-state index contributed by atoms with van der Waals surface area (Å²) in [6.45, 7) is 4.78. The Morgan fingerprint density at radius 3 is 2.57 bits per heavy atom. The lowest BCUT2D eigenvalue weighted by molar-refractivity contribution is -0.885. The van der Waals surface area contributed by atoms with Gasteiger partial charge in [0.05, 0.1) is 22.3 Å². The van der Waals surface area contributed by atoms with Crippen molar-refractivity contribution in [3.8, 4) is 0 Å². The summed E-state index contributed by atoms with van der Waals surface area (Å²) < 4.78 is 1.19. The van der Waals surface area contributed by atoms with Crippen LogP contribution in [-0.4, -0.2) is 43.0 Å². The van der Waals surface area contributed by atoms with Crippen LogP contribution in [0.4, 0.5) is 5.69 Å². The van der Waals surface area contributed by atoms with Crippen LogP contribution in [0, 0.1) is 0 Å². The van der Waals surface area contributed by atoms with E-state index in [0.717, 1.165) is 39.5 Å². The third-order valence-corrected chi connectivity index (χ3v) is 6.10. The molecule has 0 aliphatic heterocycles. The molecule has 3 N–H and O–H groups in total. The number of fused-ring (bicyclic) bond motifs is 1. The fourth-order valence-electron chi connectivity index (χ4n) is 3.08. The normalized spacial score (nSPS) is 13.0. The first kappa shape index (κ1) is 21.9. The Morgan fingerprint density at radius 2 is 1.87 bits per heavy atom. The summed E-state index contributed by atoms with van der Waals surface area (Å²) in [7, 11) is 1.86. The van der Waals surface area contributed by atoms with Crippen LogP contribution < -0.4 is 15.5 Å². The van der Waals surface area contributed by atoms with E-state index in [1.54, 1.807) is 11.3 Å². The summed E-state index contributed by atoms with van der Waals surface area (Å²) in [5.74, 6) is -0.136. The maximum absolute atomic E-state index is 12.6. The molecule has 0 saturated carbocycles. The fourth-order valence-corrected chi connectivity index (χ4v) is 4.09. The smallest absolute Gasteiger partial charge is 0.282 e. The lowest BCUT2D eigenvalue weighted by Crippen LogP contribution is -3.15. The largest absolute Gasteiger partial charge is 0.351 e. The minimum absolute atomic E-state index is 0.0341. The Balaban J connectivity index is 1.54. The van der Waals surface area contributed by atoms with E-state index < -0.39 is 0 Å². The molecular formula is C23H29N4O2S+. The third-order valence-electron chi connectivity index (χ3n) is 5.06. The fraction of sp³-hybridized carbons (Fsp3) is 0.348.